The van der Waals surface area contributed by atoms with Crippen LogP contribution in [0.25, 0.3) is 10.2 Å². The van der Waals surface area contributed by atoms with E-state index in [2.05, 4.69) is 36.7 Å². The van der Waals surface area contributed by atoms with Crippen LogP contribution < -0.4 is 9.54 Å². The van der Waals surface area contributed by atoms with E-state index in [4.69, 9.17) is 4.74 Å². The van der Waals surface area contributed by atoms with Crippen molar-refractivity contribution in [1.29, 1.82) is 0 Å². The summed E-state index contributed by atoms with van der Waals surface area (Å²) in [7, 11) is 1.55. The van der Waals surface area contributed by atoms with Gasteiger partial charge in [-0.2, -0.15) is 4.99 Å². The fraction of sp³-hybridized carbons (Fsp3) is 0.200. The largest absolute Gasteiger partial charge is 0.496 e. The molecule has 0 aliphatic carbocycles. The van der Waals surface area contributed by atoms with Gasteiger partial charge in [0.15, 0.2) is 4.80 Å². The van der Waals surface area contributed by atoms with Crippen LogP contribution in [0.5, 0.6) is 5.75 Å². The molecule has 25 heavy (non-hydrogen) atoms. The summed E-state index contributed by atoms with van der Waals surface area (Å²) >= 11 is 1.52. The Balaban J connectivity index is 2.16. The number of fused-ring (bicyclic) bond motifs is 1. The average Bonchev–Trinajstić information content (AvgIpc) is 2.98. The van der Waals surface area contributed by atoms with Crippen LogP contribution in [0.3, 0.4) is 0 Å². The molecule has 0 bridgehead atoms. The van der Waals surface area contributed by atoms with Crippen LogP contribution >= 0.6 is 11.3 Å². The van der Waals surface area contributed by atoms with Gasteiger partial charge in [0.1, 0.15) is 5.75 Å². The quantitative estimate of drug-likeness (QED) is 0.646. The molecule has 5 heteroatoms. The summed E-state index contributed by atoms with van der Waals surface area (Å²) in [4.78, 5) is 17.7. The van der Waals surface area contributed by atoms with Gasteiger partial charge in [0.25, 0.3) is 5.91 Å². The number of methoxy groups -OCH3 is 1. The number of carbonyl (C=O) groups is 1. The SMILES string of the molecule is C=CCn1c(=NC(=O)c2ccccc2OC)sc2cc(CC)ccc21. The van der Waals surface area contributed by atoms with Crippen molar-refractivity contribution in [2.45, 2.75) is 19.9 Å². The maximum absolute atomic E-state index is 12.7. The molecule has 2 aromatic carbocycles. The maximum atomic E-state index is 12.7. The number of ether oxygens (including phenoxy) is 1. The van der Waals surface area contributed by atoms with Gasteiger partial charge in [0, 0.05) is 6.54 Å². The summed E-state index contributed by atoms with van der Waals surface area (Å²) in [6.07, 6.45) is 2.79. The number of hydrogen-bond acceptors (Lipinski definition) is 3. The van der Waals surface area contributed by atoms with Crippen LogP contribution in [-0.2, 0) is 13.0 Å². The van der Waals surface area contributed by atoms with Crippen molar-refractivity contribution in [3.63, 3.8) is 0 Å². The molecule has 0 unspecified atom stereocenters. The molecule has 0 spiro atoms. The zero-order valence-corrected chi connectivity index (χ0v) is 15.2. The number of carbonyl (C=O) groups excluding carboxylic acids is 1. The molecule has 0 fully saturated rings. The van der Waals surface area contributed by atoms with Gasteiger partial charge in [0.2, 0.25) is 0 Å². The first-order chi connectivity index (χ1) is 12.2. The van der Waals surface area contributed by atoms with E-state index in [9.17, 15) is 4.79 Å². The molecule has 0 atom stereocenters. The van der Waals surface area contributed by atoms with E-state index >= 15 is 0 Å². The first kappa shape index (κ1) is 17.2. The zero-order chi connectivity index (χ0) is 17.8. The third-order valence-electron chi connectivity index (χ3n) is 4.00. The minimum absolute atomic E-state index is 0.308. The van der Waals surface area contributed by atoms with Gasteiger partial charge in [-0.05, 0) is 36.2 Å². The maximum Gasteiger partial charge on any atom is 0.283 e. The first-order valence-corrected chi connectivity index (χ1v) is 8.94. The van der Waals surface area contributed by atoms with Gasteiger partial charge in [-0.25, -0.2) is 0 Å². The molecular weight excluding hydrogens is 332 g/mol. The minimum atomic E-state index is -0.308. The summed E-state index contributed by atoms with van der Waals surface area (Å²) in [6, 6.07) is 13.5. The fourth-order valence-electron chi connectivity index (χ4n) is 2.70. The van der Waals surface area contributed by atoms with Gasteiger partial charge in [-0.1, -0.05) is 42.5 Å². The second-order valence-corrected chi connectivity index (χ2v) is 6.57. The Morgan fingerprint density at radius 3 is 2.84 bits per heavy atom. The van der Waals surface area contributed by atoms with Crippen LogP contribution in [0.15, 0.2) is 60.1 Å². The molecule has 3 rings (SSSR count). The number of allylic oxidation sites excluding steroid dienone is 1. The zero-order valence-electron chi connectivity index (χ0n) is 14.4. The number of amides is 1. The van der Waals surface area contributed by atoms with Crippen LogP contribution in [0, 0.1) is 0 Å². The average molecular weight is 352 g/mol. The highest BCUT2D eigenvalue weighted by Gasteiger charge is 2.12. The molecule has 0 aliphatic heterocycles. The van der Waals surface area contributed by atoms with Crippen LogP contribution in [0.2, 0.25) is 0 Å². The van der Waals surface area contributed by atoms with Crippen LogP contribution in [0.4, 0.5) is 0 Å². The van der Waals surface area contributed by atoms with Gasteiger partial charge in [-0.3, -0.25) is 4.79 Å². The van der Waals surface area contributed by atoms with E-state index in [1.54, 1.807) is 19.2 Å². The number of nitrogens with zero attached hydrogens (tertiary/aromatic N) is 2. The van der Waals surface area contributed by atoms with E-state index < -0.39 is 0 Å². The van der Waals surface area contributed by atoms with Gasteiger partial charge in [0.05, 0.1) is 22.9 Å². The van der Waals surface area contributed by atoms with Crippen molar-refractivity contribution in [1.82, 2.24) is 4.57 Å². The molecule has 1 heterocycles. The number of benzene rings is 2. The molecule has 3 aromatic rings. The summed E-state index contributed by atoms with van der Waals surface area (Å²) in [5.41, 5.74) is 2.79. The van der Waals surface area contributed by atoms with E-state index in [0.29, 0.717) is 22.7 Å². The van der Waals surface area contributed by atoms with Crippen molar-refractivity contribution in [3.05, 3.63) is 71.0 Å². The molecule has 0 N–H and O–H groups in total. The summed E-state index contributed by atoms with van der Waals surface area (Å²) in [5, 5.41) is 0. The number of aromatic nitrogens is 1. The first-order valence-electron chi connectivity index (χ1n) is 8.13. The molecule has 0 radical (unpaired) electrons. The number of hydrogen-bond donors (Lipinski definition) is 0. The van der Waals surface area contributed by atoms with Gasteiger partial charge < -0.3 is 9.30 Å². The fourth-order valence-corrected chi connectivity index (χ4v) is 3.80. The Morgan fingerprint density at radius 1 is 1.32 bits per heavy atom. The van der Waals surface area contributed by atoms with E-state index in [0.717, 1.165) is 16.6 Å². The summed E-state index contributed by atoms with van der Waals surface area (Å²) in [5.74, 6) is 0.221. The Labute approximate surface area is 150 Å². The standard InChI is InChI=1S/C20H20N2O2S/c1-4-12-22-16-11-10-14(5-2)13-18(16)25-20(22)21-19(23)15-8-6-7-9-17(15)24-3/h4,6-11,13H,1,5,12H2,2-3H3. The lowest BCUT2D eigenvalue weighted by Gasteiger charge is -2.04. The molecule has 1 amide bonds. The highest BCUT2D eigenvalue weighted by Crippen LogP contribution is 2.21. The van der Waals surface area contributed by atoms with Crippen molar-refractivity contribution in [2.24, 2.45) is 4.99 Å². The van der Waals surface area contributed by atoms with Gasteiger partial charge >= 0.3 is 0 Å². The lowest BCUT2D eigenvalue weighted by Crippen LogP contribution is -2.16. The molecular formula is C20H20N2O2S. The second-order valence-electron chi connectivity index (χ2n) is 5.56. The van der Waals surface area contributed by atoms with Crippen molar-refractivity contribution >= 4 is 27.5 Å². The summed E-state index contributed by atoms with van der Waals surface area (Å²) in [6.45, 7) is 6.55. The number of aryl methyl sites for hydroxylation is 1. The molecule has 4 nitrogen and oxygen atoms in total. The topological polar surface area (TPSA) is 43.6 Å². The molecule has 0 aliphatic rings. The highest BCUT2D eigenvalue weighted by molar-refractivity contribution is 7.16. The Morgan fingerprint density at radius 2 is 2.12 bits per heavy atom. The Hall–Kier alpha value is -2.66. The lowest BCUT2D eigenvalue weighted by atomic mass is 10.2. The molecule has 0 saturated heterocycles. The number of rotatable bonds is 5. The Bertz CT molecular complexity index is 998. The van der Waals surface area contributed by atoms with Crippen LogP contribution in [-0.4, -0.2) is 17.6 Å². The lowest BCUT2D eigenvalue weighted by molar-refractivity contribution is 0.0995. The van der Waals surface area contributed by atoms with Crippen molar-refractivity contribution in [3.8, 4) is 5.75 Å². The Kier molecular flexibility index (Phi) is 5.14. The highest BCUT2D eigenvalue weighted by atomic mass is 32.1. The number of para-hydroxylation sites is 1. The second kappa shape index (κ2) is 7.49. The van der Waals surface area contributed by atoms with E-state index in [1.807, 2.05) is 22.8 Å². The molecule has 1 aromatic heterocycles. The minimum Gasteiger partial charge on any atom is -0.496 e. The van der Waals surface area contributed by atoms with Gasteiger partial charge in [-0.15, -0.1) is 6.58 Å². The third-order valence-corrected chi connectivity index (χ3v) is 5.04. The van der Waals surface area contributed by atoms with E-state index in [1.165, 1.54) is 16.9 Å². The molecule has 0 saturated carbocycles. The summed E-state index contributed by atoms with van der Waals surface area (Å²) < 4.78 is 8.40. The van der Waals surface area contributed by atoms with Crippen LogP contribution in [0.1, 0.15) is 22.8 Å². The smallest absolute Gasteiger partial charge is 0.283 e. The van der Waals surface area contributed by atoms with Crippen molar-refractivity contribution in [2.75, 3.05) is 7.11 Å². The number of thiazole rings is 1. The normalized spacial score (nSPS) is 11.7. The monoisotopic (exact) mass is 352 g/mol. The third kappa shape index (κ3) is 3.42. The predicted octanol–water partition coefficient (Wildman–Crippen LogP) is 4.20. The van der Waals surface area contributed by atoms with E-state index in [-0.39, 0.29) is 5.91 Å². The van der Waals surface area contributed by atoms with Crippen molar-refractivity contribution < 1.29 is 9.53 Å². The molecule has 128 valence electrons. The predicted molar refractivity (Wildman–Crippen MR) is 102 cm³/mol.